The molecule has 0 radical (unpaired) electrons. The van der Waals surface area contributed by atoms with Crippen LogP contribution in [0.4, 0.5) is 0 Å². The summed E-state index contributed by atoms with van der Waals surface area (Å²) in [6.45, 7) is 5.44. The molecule has 2 rings (SSSR count). The van der Waals surface area contributed by atoms with Crippen LogP contribution in [0.5, 0.6) is 0 Å². The third kappa shape index (κ3) is 3.30. The first kappa shape index (κ1) is 14.4. The molecule has 2 heterocycles. The highest BCUT2D eigenvalue weighted by Crippen LogP contribution is 2.26. The number of rotatable bonds is 5. The zero-order valence-corrected chi connectivity index (χ0v) is 12.0. The number of carbonyl (C=O) groups excluding carboxylic acids is 1. The fraction of sp³-hybridized carbons (Fsp3) is 0.400. The van der Waals surface area contributed by atoms with Crippen LogP contribution >= 0.6 is 0 Å². The van der Waals surface area contributed by atoms with E-state index in [1.807, 2.05) is 19.1 Å². The van der Waals surface area contributed by atoms with E-state index in [1.54, 1.807) is 26.1 Å². The van der Waals surface area contributed by atoms with Crippen molar-refractivity contribution in [2.45, 2.75) is 32.8 Å². The highest BCUT2D eigenvalue weighted by molar-refractivity contribution is 5.78. The van der Waals surface area contributed by atoms with Gasteiger partial charge in [-0.3, -0.25) is 4.79 Å². The van der Waals surface area contributed by atoms with Crippen molar-refractivity contribution >= 4 is 5.91 Å². The summed E-state index contributed by atoms with van der Waals surface area (Å²) in [4.78, 5) is 14.8. The number of carbonyl (C=O) groups is 1. The Balaban J connectivity index is 1.95. The molecule has 0 saturated carbocycles. The lowest BCUT2D eigenvalue weighted by Gasteiger charge is -2.23. The number of amides is 1. The van der Waals surface area contributed by atoms with Gasteiger partial charge in [-0.1, -0.05) is 0 Å². The van der Waals surface area contributed by atoms with Gasteiger partial charge in [-0.05, 0) is 39.0 Å². The molecule has 0 aliphatic carbocycles. The maximum atomic E-state index is 11.8. The number of nitrogens with one attached hydrogen (secondary N) is 2. The number of aromatic amines is 1. The van der Waals surface area contributed by atoms with Gasteiger partial charge >= 0.3 is 0 Å². The van der Waals surface area contributed by atoms with Crippen LogP contribution in [0.3, 0.4) is 0 Å². The summed E-state index contributed by atoms with van der Waals surface area (Å²) >= 11 is 0. The smallest absolute Gasteiger partial charge is 0.226 e. The van der Waals surface area contributed by atoms with Crippen molar-refractivity contribution in [1.29, 1.82) is 0 Å². The van der Waals surface area contributed by atoms with E-state index in [0.29, 0.717) is 11.3 Å². The van der Waals surface area contributed by atoms with Gasteiger partial charge < -0.3 is 19.8 Å². The second-order valence-corrected chi connectivity index (χ2v) is 5.25. The van der Waals surface area contributed by atoms with Crippen LogP contribution in [0.15, 0.2) is 28.8 Å². The molecule has 0 aliphatic rings. The Kier molecular flexibility index (Phi) is 3.99. The first-order chi connectivity index (χ1) is 9.38. The maximum Gasteiger partial charge on any atom is 0.226 e. The van der Waals surface area contributed by atoms with Crippen LogP contribution in [-0.4, -0.2) is 22.5 Å². The van der Waals surface area contributed by atoms with E-state index < -0.39 is 5.60 Å². The molecule has 5 heteroatoms. The van der Waals surface area contributed by atoms with E-state index in [-0.39, 0.29) is 18.9 Å². The van der Waals surface area contributed by atoms with Gasteiger partial charge in [-0.2, -0.15) is 0 Å². The molecule has 3 N–H and O–H groups in total. The highest BCUT2D eigenvalue weighted by atomic mass is 16.3. The van der Waals surface area contributed by atoms with E-state index in [0.717, 1.165) is 11.5 Å². The summed E-state index contributed by atoms with van der Waals surface area (Å²) in [6.07, 6.45) is 2.04. The average molecular weight is 276 g/mol. The summed E-state index contributed by atoms with van der Waals surface area (Å²) in [5.41, 5.74) is 0.403. The summed E-state index contributed by atoms with van der Waals surface area (Å²) < 4.78 is 5.42. The molecule has 1 amide bonds. The summed E-state index contributed by atoms with van der Waals surface area (Å²) in [7, 11) is 0. The van der Waals surface area contributed by atoms with Crippen LogP contribution in [0.2, 0.25) is 0 Å². The quantitative estimate of drug-likeness (QED) is 0.779. The Morgan fingerprint density at radius 2 is 2.25 bits per heavy atom. The molecule has 20 heavy (non-hydrogen) atoms. The third-order valence-corrected chi connectivity index (χ3v) is 3.26. The van der Waals surface area contributed by atoms with E-state index in [9.17, 15) is 9.90 Å². The minimum atomic E-state index is -1.15. The SMILES string of the molecule is Cc1cc(C(C)(O)CNC(=O)Cc2ccc[nH]2)c(C)o1. The number of aryl methyl sites for hydroxylation is 2. The number of hydrogen-bond acceptors (Lipinski definition) is 3. The number of aliphatic hydroxyl groups is 1. The molecule has 1 unspecified atom stereocenters. The normalized spacial score (nSPS) is 14.0. The molecule has 2 aromatic heterocycles. The van der Waals surface area contributed by atoms with Crippen molar-refractivity contribution in [3.8, 4) is 0 Å². The van der Waals surface area contributed by atoms with Crippen molar-refractivity contribution in [1.82, 2.24) is 10.3 Å². The lowest BCUT2D eigenvalue weighted by atomic mass is 9.96. The molecule has 0 bridgehead atoms. The Bertz CT molecular complexity index is 582. The maximum absolute atomic E-state index is 11.8. The van der Waals surface area contributed by atoms with E-state index >= 15 is 0 Å². The first-order valence-corrected chi connectivity index (χ1v) is 6.57. The van der Waals surface area contributed by atoms with E-state index in [2.05, 4.69) is 10.3 Å². The average Bonchev–Trinajstić information content (AvgIpc) is 2.97. The molecule has 2 aromatic rings. The van der Waals surface area contributed by atoms with Crippen molar-refractivity contribution in [3.05, 3.63) is 47.2 Å². The molecular weight excluding hydrogens is 256 g/mol. The second kappa shape index (κ2) is 5.54. The number of hydrogen-bond donors (Lipinski definition) is 3. The Hall–Kier alpha value is -2.01. The third-order valence-electron chi connectivity index (χ3n) is 3.26. The van der Waals surface area contributed by atoms with Gasteiger partial charge in [-0.25, -0.2) is 0 Å². The monoisotopic (exact) mass is 276 g/mol. The number of furan rings is 1. The topological polar surface area (TPSA) is 78.3 Å². The van der Waals surface area contributed by atoms with Crippen LogP contribution in [0, 0.1) is 13.8 Å². The lowest BCUT2D eigenvalue weighted by Crippen LogP contribution is -2.39. The lowest BCUT2D eigenvalue weighted by molar-refractivity contribution is -0.121. The molecule has 5 nitrogen and oxygen atoms in total. The molecule has 0 saturated heterocycles. The first-order valence-electron chi connectivity index (χ1n) is 6.57. The molecule has 108 valence electrons. The zero-order chi connectivity index (χ0) is 14.8. The van der Waals surface area contributed by atoms with Crippen molar-refractivity contribution in [2.24, 2.45) is 0 Å². The van der Waals surface area contributed by atoms with Crippen LogP contribution in [0.1, 0.15) is 29.7 Å². The predicted octanol–water partition coefficient (Wildman–Crippen LogP) is 1.79. The van der Waals surface area contributed by atoms with Gasteiger partial charge in [0.25, 0.3) is 0 Å². The van der Waals surface area contributed by atoms with Gasteiger partial charge in [0, 0.05) is 17.5 Å². The minimum Gasteiger partial charge on any atom is -0.466 e. The Morgan fingerprint density at radius 3 is 2.80 bits per heavy atom. The van der Waals surface area contributed by atoms with Gasteiger partial charge in [-0.15, -0.1) is 0 Å². The minimum absolute atomic E-state index is 0.134. The molecule has 0 fully saturated rings. The largest absolute Gasteiger partial charge is 0.466 e. The van der Waals surface area contributed by atoms with Crippen LogP contribution in [-0.2, 0) is 16.8 Å². The van der Waals surface area contributed by atoms with Crippen molar-refractivity contribution in [2.75, 3.05) is 6.54 Å². The number of aromatic nitrogens is 1. The molecule has 1 atom stereocenters. The number of H-pyrrole nitrogens is 1. The standard InChI is InChI=1S/C15H20N2O3/c1-10-7-13(11(2)20-10)15(3,19)9-17-14(18)8-12-5-4-6-16-12/h4-7,16,19H,8-9H2,1-3H3,(H,17,18). The van der Waals surface area contributed by atoms with Gasteiger partial charge in [0.2, 0.25) is 5.91 Å². The van der Waals surface area contributed by atoms with E-state index in [4.69, 9.17) is 4.42 Å². The molecule has 0 spiro atoms. The zero-order valence-electron chi connectivity index (χ0n) is 12.0. The van der Waals surface area contributed by atoms with E-state index in [1.165, 1.54) is 0 Å². The molecule has 0 aromatic carbocycles. The summed E-state index contributed by atoms with van der Waals surface area (Å²) in [5.74, 6) is 1.28. The predicted molar refractivity (Wildman–Crippen MR) is 75.3 cm³/mol. The van der Waals surface area contributed by atoms with Crippen molar-refractivity contribution < 1.29 is 14.3 Å². The second-order valence-electron chi connectivity index (χ2n) is 5.25. The molecule has 0 aliphatic heterocycles. The van der Waals surface area contributed by atoms with Gasteiger partial charge in [0.1, 0.15) is 17.1 Å². The fourth-order valence-corrected chi connectivity index (χ4v) is 2.24. The van der Waals surface area contributed by atoms with Crippen LogP contribution in [0.25, 0.3) is 0 Å². The summed E-state index contributed by atoms with van der Waals surface area (Å²) in [5, 5.41) is 13.2. The summed E-state index contributed by atoms with van der Waals surface area (Å²) in [6, 6.07) is 5.49. The Morgan fingerprint density at radius 1 is 1.50 bits per heavy atom. The van der Waals surface area contributed by atoms with Gasteiger partial charge in [0.15, 0.2) is 0 Å². The Labute approximate surface area is 118 Å². The van der Waals surface area contributed by atoms with Crippen molar-refractivity contribution in [3.63, 3.8) is 0 Å². The molecular formula is C15H20N2O3. The fourth-order valence-electron chi connectivity index (χ4n) is 2.24. The van der Waals surface area contributed by atoms with Gasteiger partial charge in [0.05, 0.1) is 13.0 Å². The van der Waals surface area contributed by atoms with Crippen LogP contribution < -0.4 is 5.32 Å². The highest BCUT2D eigenvalue weighted by Gasteiger charge is 2.28.